The minimum atomic E-state index is 1.04. The van der Waals surface area contributed by atoms with Crippen LogP contribution in [0.1, 0.15) is 0 Å². The van der Waals surface area contributed by atoms with Crippen LogP contribution in [-0.4, -0.2) is 0 Å². The second kappa shape index (κ2) is 6.46. The lowest BCUT2D eigenvalue weighted by Crippen LogP contribution is -2.09. The number of anilines is 3. The van der Waals surface area contributed by atoms with Crippen molar-refractivity contribution in [3.63, 3.8) is 0 Å². The van der Waals surface area contributed by atoms with Gasteiger partial charge in [-0.1, -0.05) is 36.4 Å². The summed E-state index contributed by atoms with van der Waals surface area (Å²) in [6.07, 6.45) is 0. The van der Waals surface area contributed by atoms with Crippen molar-refractivity contribution < 1.29 is 0 Å². The van der Waals surface area contributed by atoms with Crippen molar-refractivity contribution in [2.75, 3.05) is 4.90 Å². The van der Waals surface area contributed by atoms with Gasteiger partial charge in [0.25, 0.3) is 0 Å². The molecule has 0 aliphatic rings. The maximum Gasteiger partial charge on any atom is 0.0473 e. The van der Waals surface area contributed by atoms with E-state index in [9.17, 15) is 0 Å². The van der Waals surface area contributed by atoms with Gasteiger partial charge < -0.3 is 4.90 Å². The second-order valence-electron chi connectivity index (χ2n) is 4.60. The quantitative estimate of drug-likeness (QED) is 0.472. The highest BCUT2D eigenvalue weighted by Gasteiger charge is 2.12. The van der Waals surface area contributed by atoms with Crippen LogP contribution < -0.4 is 4.90 Å². The molecule has 0 saturated heterocycles. The van der Waals surface area contributed by atoms with Crippen LogP contribution in [0.25, 0.3) is 0 Å². The minimum absolute atomic E-state index is 1.04. The highest BCUT2D eigenvalue weighted by Crippen LogP contribution is 2.37. The van der Waals surface area contributed by atoms with Crippen LogP contribution >= 0.6 is 31.9 Å². The summed E-state index contributed by atoms with van der Waals surface area (Å²) in [5.74, 6) is 0. The molecule has 3 rings (SSSR count). The summed E-state index contributed by atoms with van der Waals surface area (Å²) in [5.41, 5.74) is 3.39. The predicted molar refractivity (Wildman–Crippen MR) is 96.5 cm³/mol. The highest BCUT2D eigenvalue weighted by atomic mass is 79.9. The Morgan fingerprint density at radius 3 is 1.52 bits per heavy atom. The van der Waals surface area contributed by atoms with Gasteiger partial charge in [-0.05, 0) is 74.3 Å². The molecule has 0 aromatic heterocycles. The molecule has 3 heteroatoms. The molecule has 0 heterocycles. The fourth-order valence-corrected chi connectivity index (χ4v) is 2.84. The molecule has 0 N–H and O–H groups in total. The topological polar surface area (TPSA) is 3.24 Å². The molecule has 0 saturated carbocycles. The molecular weight excluding hydrogens is 390 g/mol. The molecule has 0 aliphatic heterocycles. The molecule has 0 amide bonds. The van der Waals surface area contributed by atoms with Gasteiger partial charge >= 0.3 is 0 Å². The summed E-state index contributed by atoms with van der Waals surface area (Å²) in [5, 5.41) is 0. The Kier molecular flexibility index (Phi) is 4.42. The van der Waals surface area contributed by atoms with Crippen molar-refractivity contribution >= 4 is 48.9 Å². The van der Waals surface area contributed by atoms with E-state index in [1.165, 1.54) is 0 Å². The summed E-state index contributed by atoms with van der Waals surface area (Å²) in [6, 6.07) is 27.0. The molecule has 3 aromatic rings. The standard InChI is InChI=1S/C18H13Br2N/c19-17-12-11-16(13-18(17)20)21(14-7-3-1-4-8-14)15-9-5-2-6-10-15/h1-13H. The van der Waals surface area contributed by atoms with E-state index in [0.29, 0.717) is 0 Å². The van der Waals surface area contributed by atoms with Crippen LogP contribution in [0.5, 0.6) is 0 Å². The zero-order valence-electron chi connectivity index (χ0n) is 11.2. The maximum absolute atomic E-state index is 3.59. The third kappa shape index (κ3) is 3.20. The van der Waals surface area contributed by atoms with Crippen LogP contribution in [0.15, 0.2) is 87.8 Å². The Hall–Kier alpha value is -1.58. The second-order valence-corrected chi connectivity index (χ2v) is 6.31. The van der Waals surface area contributed by atoms with Gasteiger partial charge in [-0.2, -0.15) is 0 Å². The molecule has 0 atom stereocenters. The fraction of sp³-hybridized carbons (Fsp3) is 0. The normalized spacial score (nSPS) is 10.4. The first-order valence-electron chi connectivity index (χ1n) is 6.61. The van der Waals surface area contributed by atoms with E-state index in [2.05, 4.69) is 103 Å². The lowest BCUT2D eigenvalue weighted by molar-refractivity contribution is 1.28. The fourth-order valence-electron chi connectivity index (χ4n) is 2.23. The Morgan fingerprint density at radius 1 is 0.524 bits per heavy atom. The van der Waals surface area contributed by atoms with Crippen molar-refractivity contribution in [1.82, 2.24) is 0 Å². The highest BCUT2D eigenvalue weighted by molar-refractivity contribution is 9.13. The largest absolute Gasteiger partial charge is 0.310 e. The molecule has 0 fully saturated rings. The first-order valence-corrected chi connectivity index (χ1v) is 8.19. The van der Waals surface area contributed by atoms with Gasteiger partial charge in [-0.25, -0.2) is 0 Å². The van der Waals surface area contributed by atoms with Gasteiger partial charge in [-0.3, -0.25) is 0 Å². The van der Waals surface area contributed by atoms with Gasteiger partial charge in [0.05, 0.1) is 0 Å². The number of para-hydroxylation sites is 2. The van der Waals surface area contributed by atoms with E-state index in [4.69, 9.17) is 0 Å². The molecule has 0 spiro atoms. The Balaban J connectivity index is 2.14. The average Bonchev–Trinajstić information content (AvgIpc) is 2.53. The van der Waals surface area contributed by atoms with Crippen molar-refractivity contribution in [2.24, 2.45) is 0 Å². The average molecular weight is 403 g/mol. The van der Waals surface area contributed by atoms with Crippen LogP contribution in [0, 0.1) is 0 Å². The minimum Gasteiger partial charge on any atom is -0.310 e. The van der Waals surface area contributed by atoms with E-state index in [1.54, 1.807) is 0 Å². The lowest BCUT2D eigenvalue weighted by atomic mass is 10.2. The molecule has 3 aromatic carbocycles. The molecule has 0 radical (unpaired) electrons. The number of benzene rings is 3. The smallest absolute Gasteiger partial charge is 0.0473 e. The molecule has 0 aliphatic carbocycles. The number of hydrogen-bond donors (Lipinski definition) is 0. The van der Waals surface area contributed by atoms with Gasteiger partial charge in [0.15, 0.2) is 0 Å². The molecule has 0 unspecified atom stereocenters. The Bertz CT molecular complexity index is 687. The summed E-state index contributed by atoms with van der Waals surface area (Å²) in [7, 11) is 0. The SMILES string of the molecule is Brc1ccc(N(c2ccccc2)c2ccccc2)cc1Br. The first-order chi connectivity index (χ1) is 10.3. The third-order valence-corrected chi connectivity index (χ3v) is 5.07. The number of hydrogen-bond acceptors (Lipinski definition) is 1. The molecule has 1 nitrogen and oxygen atoms in total. The van der Waals surface area contributed by atoms with Gasteiger partial charge in [0.1, 0.15) is 0 Å². The number of rotatable bonds is 3. The summed E-state index contributed by atoms with van der Waals surface area (Å²) in [4.78, 5) is 2.23. The van der Waals surface area contributed by atoms with Crippen molar-refractivity contribution in [3.05, 3.63) is 87.8 Å². The van der Waals surface area contributed by atoms with Gasteiger partial charge in [-0.15, -0.1) is 0 Å². The summed E-state index contributed by atoms with van der Waals surface area (Å²) < 4.78 is 2.09. The predicted octanol–water partition coefficient (Wildman–Crippen LogP) is 6.68. The lowest BCUT2D eigenvalue weighted by Gasteiger charge is -2.25. The van der Waals surface area contributed by atoms with E-state index in [1.807, 2.05) is 12.1 Å². The number of nitrogens with zero attached hydrogens (tertiary/aromatic N) is 1. The molecular formula is C18H13Br2N. The monoisotopic (exact) mass is 401 g/mol. The van der Waals surface area contributed by atoms with Gasteiger partial charge in [0, 0.05) is 26.0 Å². The van der Waals surface area contributed by atoms with E-state index in [0.717, 1.165) is 26.0 Å². The van der Waals surface area contributed by atoms with Crippen LogP contribution in [0.2, 0.25) is 0 Å². The van der Waals surface area contributed by atoms with Crippen molar-refractivity contribution in [1.29, 1.82) is 0 Å². The third-order valence-electron chi connectivity index (χ3n) is 3.19. The number of halogens is 2. The van der Waals surface area contributed by atoms with Crippen molar-refractivity contribution in [3.8, 4) is 0 Å². The van der Waals surface area contributed by atoms with Crippen LogP contribution in [0.3, 0.4) is 0 Å². The molecule has 104 valence electrons. The van der Waals surface area contributed by atoms with E-state index >= 15 is 0 Å². The van der Waals surface area contributed by atoms with Crippen LogP contribution in [0.4, 0.5) is 17.1 Å². The summed E-state index contributed by atoms with van der Waals surface area (Å²) in [6.45, 7) is 0. The van der Waals surface area contributed by atoms with Crippen LogP contribution in [-0.2, 0) is 0 Å². The first kappa shape index (κ1) is 14.4. The Labute approximate surface area is 141 Å². The van der Waals surface area contributed by atoms with Gasteiger partial charge in [0.2, 0.25) is 0 Å². The molecule has 0 bridgehead atoms. The van der Waals surface area contributed by atoms with E-state index < -0.39 is 0 Å². The van der Waals surface area contributed by atoms with Crippen molar-refractivity contribution in [2.45, 2.75) is 0 Å². The summed E-state index contributed by atoms with van der Waals surface area (Å²) >= 11 is 7.11. The Morgan fingerprint density at radius 2 is 1.05 bits per heavy atom. The van der Waals surface area contributed by atoms with E-state index in [-0.39, 0.29) is 0 Å². The zero-order valence-corrected chi connectivity index (χ0v) is 14.4. The zero-order chi connectivity index (χ0) is 14.7. The molecule has 21 heavy (non-hydrogen) atoms. The maximum atomic E-state index is 3.59.